The Bertz CT molecular complexity index is 636. The highest BCUT2D eigenvalue weighted by atomic mass is 32.1. The Balaban J connectivity index is 2.02. The monoisotopic (exact) mass is 274 g/mol. The number of hydrogen-bond donors (Lipinski definition) is 2. The quantitative estimate of drug-likeness (QED) is 0.884. The molecular weight excluding hydrogens is 260 g/mol. The van der Waals surface area contributed by atoms with E-state index in [1.807, 2.05) is 23.6 Å². The number of rotatable bonds is 2. The first-order chi connectivity index (χ1) is 9.19. The zero-order chi connectivity index (χ0) is 13.4. The van der Waals surface area contributed by atoms with Crippen LogP contribution in [0.15, 0.2) is 29.0 Å². The van der Waals surface area contributed by atoms with Crippen molar-refractivity contribution in [3.8, 4) is 16.9 Å². The second-order valence-electron chi connectivity index (χ2n) is 4.48. The molecule has 2 aromatic rings. The van der Waals surface area contributed by atoms with Gasteiger partial charge in [0.2, 0.25) is 0 Å². The molecule has 0 spiro atoms. The van der Waals surface area contributed by atoms with Crippen LogP contribution in [0.3, 0.4) is 0 Å². The van der Waals surface area contributed by atoms with E-state index >= 15 is 0 Å². The Hall–Kier alpha value is -1.85. The Kier molecular flexibility index (Phi) is 3.00. The summed E-state index contributed by atoms with van der Waals surface area (Å²) in [6, 6.07) is 5.81. The van der Waals surface area contributed by atoms with Crippen LogP contribution in [0.2, 0.25) is 0 Å². The van der Waals surface area contributed by atoms with Crippen LogP contribution in [-0.4, -0.2) is 12.0 Å². The second-order valence-corrected chi connectivity index (χ2v) is 5.22. The maximum absolute atomic E-state index is 11.6. The molecule has 1 unspecified atom stereocenters. The number of thiophene rings is 1. The minimum absolute atomic E-state index is 0.117. The van der Waals surface area contributed by atoms with E-state index in [1.165, 1.54) is 0 Å². The first-order valence-electron chi connectivity index (χ1n) is 6.06. The molecule has 0 radical (unpaired) electrons. The van der Waals surface area contributed by atoms with E-state index < -0.39 is 6.10 Å². The highest BCUT2D eigenvalue weighted by Gasteiger charge is 2.23. The molecule has 3 rings (SSSR count). The maximum atomic E-state index is 11.6. The van der Waals surface area contributed by atoms with Gasteiger partial charge in [0.1, 0.15) is 5.75 Å². The summed E-state index contributed by atoms with van der Waals surface area (Å²) in [5.41, 5.74) is 9.71. The lowest BCUT2D eigenvalue weighted by atomic mass is 10.0. The third-order valence-electron chi connectivity index (χ3n) is 3.18. The molecule has 1 amide bonds. The topological polar surface area (TPSA) is 64.3 Å². The second kappa shape index (κ2) is 4.68. The number of ether oxygens (including phenoxy) is 1. The van der Waals surface area contributed by atoms with Gasteiger partial charge in [-0.25, -0.2) is 0 Å². The van der Waals surface area contributed by atoms with Crippen molar-refractivity contribution in [2.75, 3.05) is 5.32 Å². The van der Waals surface area contributed by atoms with Gasteiger partial charge in [-0.3, -0.25) is 4.79 Å². The van der Waals surface area contributed by atoms with Crippen molar-refractivity contribution in [1.29, 1.82) is 0 Å². The van der Waals surface area contributed by atoms with Gasteiger partial charge in [0, 0.05) is 6.54 Å². The normalized spacial score (nSPS) is 17.6. The molecule has 0 bridgehead atoms. The molecule has 2 heterocycles. The molecule has 1 aromatic heterocycles. The number of nitrogens with one attached hydrogen (secondary N) is 1. The first kappa shape index (κ1) is 12.2. The lowest BCUT2D eigenvalue weighted by Crippen LogP contribution is -2.34. The SMILES string of the molecule is CC1Oc2ccc(-c3cscc3CN)cc2NC1=O. The predicted octanol–water partition coefficient (Wildman–Crippen LogP) is 2.59. The summed E-state index contributed by atoms with van der Waals surface area (Å²) in [5.74, 6) is 0.592. The average molecular weight is 274 g/mol. The molecular formula is C14H14N2O2S. The van der Waals surface area contributed by atoms with Crippen molar-refractivity contribution in [3.63, 3.8) is 0 Å². The molecule has 1 aliphatic rings. The molecule has 1 aliphatic heterocycles. The third-order valence-corrected chi connectivity index (χ3v) is 3.98. The fraction of sp³-hybridized carbons (Fsp3) is 0.214. The highest BCUT2D eigenvalue weighted by molar-refractivity contribution is 7.08. The lowest BCUT2D eigenvalue weighted by Gasteiger charge is -2.23. The van der Waals surface area contributed by atoms with Crippen LogP contribution in [-0.2, 0) is 11.3 Å². The molecule has 0 saturated heterocycles. The third kappa shape index (κ3) is 2.11. The molecule has 4 nitrogen and oxygen atoms in total. The fourth-order valence-corrected chi connectivity index (χ4v) is 2.99. The average Bonchev–Trinajstić information content (AvgIpc) is 2.88. The summed E-state index contributed by atoms with van der Waals surface area (Å²) < 4.78 is 5.54. The molecule has 98 valence electrons. The van der Waals surface area contributed by atoms with Crippen molar-refractivity contribution in [2.45, 2.75) is 19.6 Å². The van der Waals surface area contributed by atoms with Crippen LogP contribution in [0, 0.1) is 0 Å². The Morgan fingerprint density at radius 2 is 2.26 bits per heavy atom. The van der Waals surface area contributed by atoms with Crippen LogP contribution in [0.1, 0.15) is 12.5 Å². The maximum Gasteiger partial charge on any atom is 0.265 e. The van der Waals surface area contributed by atoms with Crippen LogP contribution >= 0.6 is 11.3 Å². The molecule has 1 atom stereocenters. The van der Waals surface area contributed by atoms with Crippen LogP contribution in [0.4, 0.5) is 5.69 Å². The van der Waals surface area contributed by atoms with E-state index in [0.717, 1.165) is 22.4 Å². The number of carbonyl (C=O) groups is 1. The van der Waals surface area contributed by atoms with Gasteiger partial charge in [-0.15, -0.1) is 0 Å². The molecule has 1 aromatic carbocycles. The van der Waals surface area contributed by atoms with Crippen molar-refractivity contribution in [3.05, 3.63) is 34.5 Å². The van der Waals surface area contributed by atoms with Crippen LogP contribution in [0.25, 0.3) is 11.1 Å². The number of hydrogen-bond acceptors (Lipinski definition) is 4. The molecule has 19 heavy (non-hydrogen) atoms. The van der Waals surface area contributed by atoms with Gasteiger partial charge >= 0.3 is 0 Å². The first-order valence-corrected chi connectivity index (χ1v) is 7.00. The number of carbonyl (C=O) groups excluding carboxylic acids is 1. The van der Waals surface area contributed by atoms with Crippen molar-refractivity contribution in [2.24, 2.45) is 5.73 Å². The summed E-state index contributed by atoms with van der Waals surface area (Å²) in [4.78, 5) is 11.6. The van der Waals surface area contributed by atoms with E-state index in [9.17, 15) is 4.79 Å². The Labute approximate surface area is 115 Å². The smallest absolute Gasteiger partial charge is 0.265 e. The molecule has 5 heteroatoms. The minimum Gasteiger partial charge on any atom is -0.479 e. The number of amides is 1. The van der Waals surface area contributed by atoms with E-state index in [0.29, 0.717) is 12.3 Å². The van der Waals surface area contributed by atoms with Gasteiger partial charge in [-0.1, -0.05) is 6.07 Å². The van der Waals surface area contributed by atoms with Crippen molar-refractivity contribution < 1.29 is 9.53 Å². The van der Waals surface area contributed by atoms with Crippen molar-refractivity contribution >= 4 is 22.9 Å². The van der Waals surface area contributed by atoms with E-state index in [-0.39, 0.29) is 5.91 Å². The summed E-state index contributed by atoms with van der Waals surface area (Å²) in [6.45, 7) is 2.24. The van der Waals surface area contributed by atoms with Gasteiger partial charge in [0.25, 0.3) is 5.91 Å². The number of benzene rings is 1. The van der Waals surface area contributed by atoms with Gasteiger partial charge in [0.15, 0.2) is 6.10 Å². The van der Waals surface area contributed by atoms with Crippen LogP contribution < -0.4 is 15.8 Å². The Morgan fingerprint density at radius 1 is 1.42 bits per heavy atom. The number of fused-ring (bicyclic) bond motifs is 1. The largest absolute Gasteiger partial charge is 0.479 e. The highest BCUT2D eigenvalue weighted by Crippen LogP contribution is 2.36. The van der Waals surface area contributed by atoms with Gasteiger partial charge in [-0.05, 0) is 46.5 Å². The predicted molar refractivity (Wildman–Crippen MR) is 76.4 cm³/mol. The summed E-state index contributed by atoms with van der Waals surface area (Å²) in [6.07, 6.45) is -0.445. The number of anilines is 1. The van der Waals surface area contributed by atoms with Gasteiger partial charge in [-0.2, -0.15) is 11.3 Å². The lowest BCUT2D eigenvalue weighted by molar-refractivity contribution is -0.122. The van der Waals surface area contributed by atoms with Gasteiger partial charge < -0.3 is 15.8 Å². The Morgan fingerprint density at radius 3 is 3.05 bits per heavy atom. The minimum atomic E-state index is -0.445. The summed E-state index contributed by atoms with van der Waals surface area (Å²) >= 11 is 1.63. The van der Waals surface area contributed by atoms with Crippen molar-refractivity contribution in [1.82, 2.24) is 0 Å². The number of nitrogens with two attached hydrogens (primary N) is 1. The van der Waals surface area contributed by atoms with Crippen LogP contribution in [0.5, 0.6) is 5.75 Å². The summed E-state index contributed by atoms with van der Waals surface area (Å²) in [5, 5.41) is 6.97. The molecule has 0 saturated carbocycles. The summed E-state index contributed by atoms with van der Waals surface area (Å²) in [7, 11) is 0. The van der Waals surface area contributed by atoms with E-state index in [2.05, 4.69) is 10.7 Å². The molecule has 3 N–H and O–H groups in total. The standard InChI is InChI=1S/C14H14N2O2S/c1-8-14(17)16-12-4-9(2-3-13(12)18-8)11-7-19-6-10(11)5-15/h2-4,6-8H,5,15H2,1H3,(H,16,17). The fourth-order valence-electron chi connectivity index (χ4n) is 2.11. The molecule has 0 fully saturated rings. The molecule has 0 aliphatic carbocycles. The zero-order valence-electron chi connectivity index (χ0n) is 10.5. The zero-order valence-corrected chi connectivity index (χ0v) is 11.3. The van der Waals surface area contributed by atoms with E-state index in [1.54, 1.807) is 18.3 Å². The van der Waals surface area contributed by atoms with Gasteiger partial charge in [0.05, 0.1) is 5.69 Å². The van der Waals surface area contributed by atoms with E-state index in [4.69, 9.17) is 10.5 Å².